The first kappa shape index (κ1) is 12.5. The van der Waals surface area contributed by atoms with Gasteiger partial charge in [0.15, 0.2) is 9.84 Å². The molecule has 0 saturated carbocycles. The van der Waals surface area contributed by atoms with Crippen molar-refractivity contribution in [1.29, 1.82) is 0 Å². The van der Waals surface area contributed by atoms with Crippen LogP contribution >= 0.6 is 0 Å². The maximum Gasteiger partial charge on any atom is 0.231 e. The Morgan fingerprint density at radius 2 is 2.16 bits per heavy atom. The predicted molar refractivity (Wildman–Crippen MR) is 73.7 cm³/mol. The van der Waals surface area contributed by atoms with E-state index in [0.717, 1.165) is 17.7 Å². The van der Waals surface area contributed by atoms with Crippen molar-refractivity contribution in [3.05, 3.63) is 23.8 Å². The van der Waals surface area contributed by atoms with Gasteiger partial charge < -0.3 is 10.6 Å². The van der Waals surface area contributed by atoms with E-state index in [-0.39, 0.29) is 17.4 Å². The Balaban J connectivity index is 1.86. The molecule has 1 aromatic carbocycles. The fourth-order valence-corrected chi connectivity index (χ4v) is 4.63. The van der Waals surface area contributed by atoms with Gasteiger partial charge in [0.1, 0.15) is 0 Å². The Morgan fingerprint density at radius 3 is 2.84 bits per heavy atom. The summed E-state index contributed by atoms with van der Waals surface area (Å²) in [6, 6.07) is 5.53. The van der Waals surface area contributed by atoms with Crippen molar-refractivity contribution >= 4 is 27.1 Å². The van der Waals surface area contributed by atoms with E-state index in [4.69, 9.17) is 5.73 Å². The van der Waals surface area contributed by atoms with Crippen molar-refractivity contribution in [3.8, 4) is 0 Å². The quantitative estimate of drug-likeness (QED) is 0.764. The van der Waals surface area contributed by atoms with Gasteiger partial charge in [-0.05, 0) is 25.0 Å². The second kappa shape index (κ2) is 4.23. The summed E-state index contributed by atoms with van der Waals surface area (Å²) in [5, 5.41) is 0. The lowest BCUT2D eigenvalue weighted by molar-refractivity contribution is -0.121. The number of anilines is 2. The van der Waals surface area contributed by atoms with Crippen LogP contribution in [0.5, 0.6) is 0 Å². The largest absolute Gasteiger partial charge is 0.398 e. The third-order valence-corrected chi connectivity index (χ3v) is 5.68. The van der Waals surface area contributed by atoms with Crippen LogP contribution in [0.4, 0.5) is 11.4 Å². The lowest BCUT2D eigenvalue weighted by Crippen LogP contribution is -2.35. The highest BCUT2D eigenvalue weighted by atomic mass is 32.2. The molecule has 2 aliphatic rings. The Hall–Kier alpha value is -1.56. The Labute approximate surface area is 112 Å². The fourth-order valence-electron chi connectivity index (χ4n) is 2.90. The topological polar surface area (TPSA) is 80.5 Å². The second-order valence-corrected chi connectivity index (χ2v) is 7.41. The van der Waals surface area contributed by atoms with Gasteiger partial charge in [0.05, 0.1) is 17.4 Å². The zero-order valence-electron chi connectivity index (χ0n) is 10.5. The average Bonchev–Trinajstić information content (AvgIpc) is 2.93. The summed E-state index contributed by atoms with van der Waals surface area (Å²) in [7, 11) is -3.03. The highest BCUT2D eigenvalue weighted by molar-refractivity contribution is 7.91. The molecule has 1 unspecified atom stereocenters. The van der Waals surface area contributed by atoms with E-state index >= 15 is 0 Å². The molecular formula is C13H16N2O3S. The standard InChI is InChI=1S/C13H16N2O3S/c14-11-2-1-3-12-10(11)4-6-15(12)13(16)9-5-7-19(17,18)8-9/h1-3,9H,4-8,14H2. The number of hydrogen-bond donors (Lipinski definition) is 1. The first-order chi connectivity index (χ1) is 8.98. The maximum absolute atomic E-state index is 12.4. The Morgan fingerprint density at radius 1 is 1.37 bits per heavy atom. The van der Waals surface area contributed by atoms with Crippen molar-refractivity contribution in [2.75, 3.05) is 28.7 Å². The highest BCUT2D eigenvalue weighted by Crippen LogP contribution is 2.34. The van der Waals surface area contributed by atoms with Gasteiger partial charge in [0.25, 0.3) is 0 Å². The number of sulfone groups is 1. The van der Waals surface area contributed by atoms with Gasteiger partial charge in [0, 0.05) is 23.5 Å². The molecule has 19 heavy (non-hydrogen) atoms. The fraction of sp³-hybridized carbons (Fsp3) is 0.462. The monoisotopic (exact) mass is 280 g/mol. The van der Waals surface area contributed by atoms with Gasteiger partial charge in [-0.25, -0.2) is 8.42 Å². The van der Waals surface area contributed by atoms with E-state index in [1.165, 1.54) is 0 Å². The van der Waals surface area contributed by atoms with Crippen LogP contribution in [0, 0.1) is 5.92 Å². The summed E-state index contributed by atoms with van der Waals surface area (Å²) >= 11 is 0. The van der Waals surface area contributed by atoms with Gasteiger partial charge in [-0.3, -0.25) is 4.79 Å². The number of amides is 1. The molecule has 1 saturated heterocycles. The zero-order valence-corrected chi connectivity index (χ0v) is 11.3. The van der Waals surface area contributed by atoms with Gasteiger partial charge >= 0.3 is 0 Å². The van der Waals surface area contributed by atoms with Crippen molar-refractivity contribution in [2.24, 2.45) is 5.92 Å². The van der Waals surface area contributed by atoms with Crippen LogP contribution in [-0.2, 0) is 21.1 Å². The van der Waals surface area contributed by atoms with E-state index in [0.29, 0.717) is 18.7 Å². The first-order valence-corrected chi connectivity index (χ1v) is 8.19. The molecule has 0 aromatic heterocycles. The van der Waals surface area contributed by atoms with Crippen LogP contribution in [0.15, 0.2) is 18.2 Å². The summed E-state index contributed by atoms with van der Waals surface area (Å²) in [6.45, 7) is 0.596. The minimum Gasteiger partial charge on any atom is -0.398 e. The van der Waals surface area contributed by atoms with E-state index in [9.17, 15) is 13.2 Å². The van der Waals surface area contributed by atoms with Crippen LogP contribution < -0.4 is 10.6 Å². The number of nitrogens with zero attached hydrogens (tertiary/aromatic N) is 1. The minimum absolute atomic E-state index is 0.0139. The molecule has 5 nitrogen and oxygen atoms in total. The molecule has 1 fully saturated rings. The summed E-state index contributed by atoms with van der Waals surface area (Å²) in [5.74, 6) is -0.358. The zero-order chi connectivity index (χ0) is 13.6. The van der Waals surface area contributed by atoms with Gasteiger partial charge in [-0.2, -0.15) is 0 Å². The number of fused-ring (bicyclic) bond motifs is 1. The molecule has 6 heteroatoms. The number of nitrogen functional groups attached to an aromatic ring is 1. The summed E-state index contributed by atoms with van der Waals surface area (Å²) < 4.78 is 22.9. The number of carbonyl (C=O) groups is 1. The van der Waals surface area contributed by atoms with Crippen molar-refractivity contribution < 1.29 is 13.2 Å². The van der Waals surface area contributed by atoms with Gasteiger partial charge in [-0.15, -0.1) is 0 Å². The van der Waals surface area contributed by atoms with E-state index in [1.54, 1.807) is 4.90 Å². The van der Waals surface area contributed by atoms with Crippen molar-refractivity contribution in [3.63, 3.8) is 0 Å². The minimum atomic E-state index is -3.03. The Kier molecular flexibility index (Phi) is 2.78. The predicted octanol–water partition coefficient (Wildman–Crippen LogP) is 0.593. The molecular weight excluding hydrogens is 264 g/mol. The molecule has 0 aliphatic carbocycles. The number of benzene rings is 1. The highest BCUT2D eigenvalue weighted by Gasteiger charge is 2.37. The van der Waals surface area contributed by atoms with Gasteiger partial charge in [-0.1, -0.05) is 6.07 Å². The van der Waals surface area contributed by atoms with Gasteiger partial charge in [0.2, 0.25) is 5.91 Å². The first-order valence-electron chi connectivity index (χ1n) is 6.37. The molecule has 0 spiro atoms. The molecule has 2 aliphatic heterocycles. The van der Waals surface area contributed by atoms with Crippen LogP contribution in [0.2, 0.25) is 0 Å². The second-order valence-electron chi connectivity index (χ2n) is 5.18. The molecule has 2 heterocycles. The molecule has 0 bridgehead atoms. The van der Waals surface area contributed by atoms with E-state index in [1.807, 2.05) is 18.2 Å². The average molecular weight is 280 g/mol. The summed E-state index contributed by atoms with van der Waals surface area (Å²) in [5.41, 5.74) is 8.44. The molecule has 1 atom stereocenters. The molecule has 1 aromatic rings. The number of nitrogens with two attached hydrogens (primary N) is 1. The number of rotatable bonds is 1. The normalized spacial score (nSPS) is 24.4. The molecule has 3 rings (SSSR count). The smallest absolute Gasteiger partial charge is 0.231 e. The molecule has 2 N–H and O–H groups in total. The van der Waals surface area contributed by atoms with Crippen LogP contribution in [0.25, 0.3) is 0 Å². The Bertz CT molecular complexity index is 639. The van der Waals surface area contributed by atoms with Crippen LogP contribution in [0.1, 0.15) is 12.0 Å². The van der Waals surface area contributed by atoms with E-state index < -0.39 is 15.8 Å². The maximum atomic E-state index is 12.4. The number of hydrogen-bond acceptors (Lipinski definition) is 4. The van der Waals surface area contributed by atoms with Crippen LogP contribution in [0.3, 0.4) is 0 Å². The van der Waals surface area contributed by atoms with Crippen molar-refractivity contribution in [1.82, 2.24) is 0 Å². The third-order valence-electron chi connectivity index (χ3n) is 3.91. The SMILES string of the molecule is Nc1cccc2c1CCN2C(=O)C1CCS(=O)(=O)C1. The van der Waals surface area contributed by atoms with Crippen LogP contribution in [-0.4, -0.2) is 32.4 Å². The number of carbonyl (C=O) groups excluding carboxylic acids is 1. The lowest BCUT2D eigenvalue weighted by atomic mass is 10.1. The summed E-state index contributed by atoms with van der Waals surface area (Å²) in [6.07, 6.45) is 1.18. The van der Waals surface area contributed by atoms with E-state index in [2.05, 4.69) is 0 Å². The molecule has 0 radical (unpaired) electrons. The summed E-state index contributed by atoms with van der Waals surface area (Å²) in [4.78, 5) is 14.1. The molecule has 102 valence electrons. The third kappa shape index (κ3) is 2.10. The lowest BCUT2D eigenvalue weighted by Gasteiger charge is -2.20. The molecule has 1 amide bonds. The van der Waals surface area contributed by atoms with Crippen molar-refractivity contribution in [2.45, 2.75) is 12.8 Å².